The number of halogens is 2. The summed E-state index contributed by atoms with van der Waals surface area (Å²) < 4.78 is 5.53. The smallest absolute Gasteiger partial charge is 0.242 e. The number of hydrogen-bond donors (Lipinski definition) is 1. The molecular weight excluding hydrogens is 561 g/mol. The van der Waals surface area contributed by atoms with Crippen LogP contribution in [0.1, 0.15) is 18.5 Å². The Morgan fingerprint density at radius 3 is 2.41 bits per heavy atom. The summed E-state index contributed by atoms with van der Waals surface area (Å²) in [4.78, 5) is 30.9. The third kappa shape index (κ3) is 8.21. The van der Waals surface area contributed by atoms with Crippen LogP contribution in [0.3, 0.4) is 0 Å². The van der Waals surface area contributed by atoms with Crippen molar-refractivity contribution in [3.8, 4) is 17.2 Å². The maximum absolute atomic E-state index is 13.7. The Morgan fingerprint density at radius 1 is 1.02 bits per heavy atom. The Hall–Kier alpha value is -3.61. The molecule has 4 rings (SSSR count). The van der Waals surface area contributed by atoms with E-state index in [9.17, 15) is 14.9 Å². The van der Waals surface area contributed by atoms with Gasteiger partial charge in [0, 0.05) is 45.0 Å². The minimum atomic E-state index is -0.224. The van der Waals surface area contributed by atoms with Crippen molar-refractivity contribution in [3.05, 3.63) is 82.3 Å². The van der Waals surface area contributed by atoms with Gasteiger partial charge in [-0.2, -0.15) is 5.26 Å². The van der Waals surface area contributed by atoms with Gasteiger partial charge in [-0.1, -0.05) is 59.6 Å². The Kier molecular flexibility index (Phi) is 10.6. The SMILES string of the molecule is CC(=O)Nc1cccc(-c2ccc(C(CN3CCOCC3)N(C)C(=O)CN(CC#N)c3ccc(Cl)c(Cl)c3)cc2)c1. The first kappa shape index (κ1) is 30.4. The quantitative estimate of drug-likeness (QED) is 0.313. The first-order valence-corrected chi connectivity index (χ1v) is 14.1. The van der Waals surface area contributed by atoms with Crippen molar-refractivity contribution in [1.82, 2.24) is 9.80 Å². The van der Waals surface area contributed by atoms with Gasteiger partial charge in [0.2, 0.25) is 11.8 Å². The highest BCUT2D eigenvalue weighted by molar-refractivity contribution is 6.42. The largest absolute Gasteiger partial charge is 0.379 e. The van der Waals surface area contributed by atoms with Gasteiger partial charge in [0.05, 0.1) is 41.9 Å². The number of morpholine rings is 1. The number of nitrogens with zero attached hydrogens (tertiary/aromatic N) is 4. The molecule has 0 aliphatic carbocycles. The van der Waals surface area contributed by atoms with Crippen molar-refractivity contribution in [2.24, 2.45) is 0 Å². The lowest BCUT2D eigenvalue weighted by molar-refractivity contribution is -0.131. The van der Waals surface area contributed by atoms with Crippen LogP contribution in [0.25, 0.3) is 11.1 Å². The Balaban J connectivity index is 1.57. The Morgan fingerprint density at radius 2 is 1.76 bits per heavy atom. The van der Waals surface area contributed by atoms with E-state index in [-0.39, 0.29) is 30.9 Å². The van der Waals surface area contributed by atoms with E-state index in [4.69, 9.17) is 27.9 Å². The van der Waals surface area contributed by atoms with Gasteiger partial charge in [0.25, 0.3) is 0 Å². The monoisotopic (exact) mass is 593 g/mol. The van der Waals surface area contributed by atoms with E-state index in [2.05, 4.69) is 16.3 Å². The molecule has 0 aromatic heterocycles. The van der Waals surface area contributed by atoms with Crippen molar-refractivity contribution >= 4 is 46.4 Å². The molecule has 0 spiro atoms. The number of nitriles is 1. The van der Waals surface area contributed by atoms with Gasteiger partial charge in [-0.3, -0.25) is 14.5 Å². The standard InChI is InChI=1S/C31H33Cl2N5O3/c1-22(39)35-26-5-3-4-25(18-26)23-6-8-24(9-7-23)30(20-37-14-16-41-17-15-37)36(2)31(40)21-38(13-12-34)27-10-11-28(32)29(33)19-27/h3-11,18-19,30H,13-17,20-21H2,1-2H3,(H,35,39). The molecule has 8 nitrogen and oxygen atoms in total. The summed E-state index contributed by atoms with van der Waals surface area (Å²) in [5.41, 5.74) is 4.36. The van der Waals surface area contributed by atoms with Gasteiger partial charge in [-0.05, 0) is 47.0 Å². The molecule has 3 aromatic rings. The molecule has 3 aromatic carbocycles. The second kappa shape index (κ2) is 14.3. The zero-order valence-corrected chi connectivity index (χ0v) is 24.7. The maximum Gasteiger partial charge on any atom is 0.242 e. The van der Waals surface area contributed by atoms with Gasteiger partial charge in [-0.25, -0.2) is 0 Å². The average molecular weight is 595 g/mol. The summed E-state index contributed by atoms with van der Waals surface area (Å²) in [6.07, 6.45) is 0. The van der Waals surface area contributed by atoms with E-state index in [1.807, 2.05) is 48.5 Å². The number of rotatable bonds is 10. The summed E-state index contributed by atoms with van der Waals surface area (Å²) in [6, 6.07) is 22.8. The van der Waals surface area contributed by atoms with Crippen molar-refractivity contribution in [2.45, 2.75) is 13.0 Å². The zero-order chi connectivity index (χ0) is 29.4. The van der Waals surface area contributed by atoms with E-state index < -0.39 is 0 Å². The molecule has 1 atom stereocenters. The van der Waals surface area contributed by atoms with Gasteiger partial charge >= 0.3 is 0 Å². The van der Waals surface area contributed by atoms with Crippen molar-refractivity contribution in [3.63, 3.8) is 0 Å². The molecule has 0 saturated carbocycles. The van der Waals surface area contributed by atoms with Crippen molar-refractivity contribution in [1.29, 1.82) is 5.26 Å². The van der Waals surface area contributed by atoms with Gasteiger partial charge in [-0.15, -0.1) is 0 Å². The number of nitrogens with one attached hydrogen (secondary N) is 1. The maximum atomic E-state index is 13.7. The molecule has 1 unspecified atom stereocenters. The first-order valence-electron chi connectivity index (χ1n) is 13.4. The lowest BCUT2D eigenvalue weighted by Crippen LogP contribution is -2.46. The molecule has 0 bridgehead atoms. The van der Waals surface area contributed by atoms with Crippen LogP contribution in [0.2, 0.25) is 10.0 Å². The fourth-order valence-corrected chi connectivity index (χ4v) is 5.10. The average Bonchev–Trinajstić information content (AvgIpc) is 2.97. The van der Waals surface area contributed by atoms with Gasteiger partial charge in [0.15, 0.2) is 0 Å². The summed E-state index contributed by atoms with van der Waals surface area (Å²) in [7, 11) is 1.80. The summed E-state index contributed by atoms with van der Waals surface area (Å²) in [6.45, 7) is 5.05. The van der Waals surface area contributed by atoms with Crippen molar-refractivity contribution < 1.29 is 14.3 Å². The summed E-state index contributed by atoms with van der Waals surface area (Å²) in [5, 5.41) is 13.0. The number of amides is 2. The third-order valence-corrected chi connectivity index (χ3v) is 7.80. The number of anilines is 2. The second-order valence-electron chi connectivity index (χ2n) is 9.93. The first-order chi connectivity index (χ1) is 19.7. The highest BCUT2D eigenvalue weighted by Crippen LogP contribution is 2.29. The number of carbonyl (C=O) groups is 2. The molecule has 41 heavy (non-hydrogen) atoms. The lowest BCUT2D eigenvalue weighted by Gasteiger charge is -2.36. The number of likely N-dealkylation sites (N-methyl/N-ethyl adjacent to an activating group) is 1. The van der Waals surface area contributed by atoms with Crippen LogP contribution in [0.5, 0.6) is 0 Å². The molecule has 214 valence electrons. The van der Waals surface area contributed by atoms with E-state index in [0.717, 1.165) is 35.5 Å². The number of hydrogen-bond acceptors (Lipinski definition) is 6. The topological polar surface area (TPSA) is 88.9 Å². The van der Waals surface area contributed by atoms with Crippen LogP contribution in [0, 0.1) is 11.3 Å². The minimum Gasteiger partial charge on any atom is -0.379 e. The third-order valence-electron chi connectivity index (χ3n) is 7.06. The summed E-state index contributed by atoms with van der Waals surface area (Å²) in [5.74, 6) is -0.250. The van der Waals surface area contributed by atoms with Crippen LogP contribution in [0.4, 0.5) is 11.4 Å². The molecule has 0 radical (unpaired) electrons. The number of benzene rings is 3. The van der Waals surface area contributed by atoms with Crippen LogP contribution in [0.15, 0.2) is 66.7 Å². The molecule has 1 N–H and O–H groups in total. The lowest BCUT2D eigenvalue weighted by atomic mass is 9.99. The van der Waals surface area contributed by atoms with E-state index >= 15 is 0 Å². The number of carbonyl (C=O) groups excluding carboxylic acids is 2. The molecule has 10 heteroatoms. The van der Waals surface area contributed by atoms with Crippen LogP contribution in [-0.2, 0) is 14.3 Å². The highest BCUT2D eigenvalue weighted by atomic mass is 35.5. The van der Waals surface area contributed by atoms with Gasteiger partial charge in [0.1, 0.15) is 6.54 Å². The van der Waals surface area contributed by atoms with Gasteiger partial charge < -0.3 is 19.9 Å². The van der Waals surface area contributed by atoms with Crippen molar-refractivity contribution in [2.75, 3.05) is 63.2 Å². The highest BCUT2D eigenvalue weighted by Gasteiger charge is 2.27. The summed E-state index contributed by atoms with van der Waals surface area (Å²) >= 11 is 12.3. The van der Waals surface area contributed by atoms with E-state index in [1.54, 1.807) is 35.0 Å². The molecule has 1 aliphatic rings. The van der Waals surface area contributed by atoms with E-state index in [0.29, 0.717) is 35.5 Å². The van der Waals surface area contributed by atoms with Crippen LogP contribution >= 0.6 is 23.2 Å². The number of ether oxygens (including phenoxy) is 1. The Labute approximate surface area is 251 Å². The molecule has 1 heterocycles. The fourth-order valence-electron chi connectivity index (χ4n) is 4.81. The predicted molar refractivity (Wildman–Crippen MR) is 163 cm³/mol. The zero-order valence-electron chi connectivity index (χ0n) is 23.1. The molecule has 1 aliphatic heterocycles. The molecule has 1 fully saturated rings. The second-order valence-corrected chi connectivity index (χ2v) is 10.7. The minimum absolute atomic E-state index is 0.00958. The normalized spacial score (nSPS) is 14.1. The fraction of sp³-hybridized carbons (Fsp3) is 0.323. The molecule has 1 saturated heterocycles. The molecule has 2 amide bonds. The van der Waals surface area contributed by atoms with Crippen LogP contribution < -0.4 is 10.2 Å². The Bertz CT molecular complexity index is 1400. The van der Waals surface area contributed by atoms with Crippen LogP contribution in [-0.4, -0.2) is 74.6 Å². The molecular formula is C31H33Cl2N5O3. The van der Waals surface area contributed by atoms with E-state index in [1.165, 1.54) is 6.92 Å². The predicted octanol–water partition coefficient (Wildman–Crippen LogP) is 5.48.